The number of nitrogens with one attached hydrogen (secondary N) is 1. The molecule has 0 aliphatic heterocycles. The summed E-state index contributed by atoms with van der Waals surface area (Å²) in [6.45, 7) is 13.0. The number of hydrazone groups is 1. The van der Waals surface area contributed by atoms with Crippen LogP contribution in [0.4, 0.5) is 0 Å². The van der Waals surface area contributed by atoms with E-state index in [4.69, 9.17) is 4.43 Å². The van der Waals surface area contributed by atoms with Crippen LogP contribution in [0, 0.1) is 6.92 Å². The molecule has 0 saturated carbocycles. The van der Waals surface area contributed by atoms with Crippen LogP contribution >= 0.6 is 0 Å². The molecular formula is C22H30N2O3SSi. The lowest BCUT2D eigenvalue weighted by atomic mass is 10.1. The van der Waals surface area contributed by atoms with Crippen LogP contribution < -0.4 is 9.26 Å². The van der Waals surface area contributed by atoms with Gasteiger partial charge in [-0.25, -0.2) is 0 Å². The number of aryl methyl sites for hydroxylation is 1. The van der Waals surface area contributed by atoms with Crippen molar-refractivity contribution >= 4 is 24.1 Å². The van der Waals surface area contributed by atoms with Crippen LogP contribution in [0.2, 0.25) is 18.1 Å². The minimum atomic E-state index is -3.69. The van der Waals surface area contributed by atoms with Crippen LogP contribution in [0.3, 0.4) is 0 Å². The Bertz CT molecular complexity index is 1040. The molecule has 0 spiro atoms. The zero-order valence-corrected chi connectivity index (χ0v) is 19.9. The fourth-order valence-electron chi connectivity index (χ4n) is 3.00. The molecule has 156 valence electrons. The van der Waals surface area contributed by atoms with Crippen molar-refractivity contribution in [2.45, 2.75) is 63.6 Å². The molecule has 0 amide bonds. The highest BCUT2D eigenvalue weighted by molar-refractivity contribution is 7.89. The van der Waals surface area contributed by atoms with Crippen LogP contribution in [0.15, 0.2) is 52.5 Å². The first kappa shape index (κ1) is 21.6. The lowest BCUT2D eigenvalue weighted by molar-refractivity contribution is 0.488. The molecule has 1 aliphatic rings. The van der Waals surface area contributed by atoms with E-state index >= 15 is 0 Å². The van der Waals surface area contributed by atoms with Gasteiger partial charge < -0.3 is 4.43 Å². The van der Waals surface area contributed by atoms with E-state index in [9.17, 15) is 8.42 Å². The summed E-state index contributed by atoms with van der Waals surface area (Å²) < 4.78 is 31.6. The van der Waals surface area contributed by atoms with Gasteiger partial charge in [0.05, 0.1) is 10.6 Å². The predicted octanol–water partition coefficient (Wildman–Crippen LogP) is 5.01. The van der Waals surface area contributed by atoms with Gasteiger partial charge in [-0.1, -0.05) is 50.6 Å². The Morgan fingerprint density at radius 1 is 1.03 bits per heavy atom. The van der Waals surface area contributed by atoms with Crippen LogP contribution in [-0.2, 0) is 16.4 Å². The summed E-state index contributed by atoms with van der Waals surface area (Å²) in [7, 11) is -5.65. The fourth-order valence-corrected chi connectivity index (χ4v) is 4.87. The molecule has 0 unspecified atom stereocenters. The van der Waals surface area contributed by atoms with Crippen molar-refractivity contribution in [3.63, 3.8) is 0 Å². The third-order valence-electron chi connectivity index (χ3n) is 5.86. The largest absolute Gasteiger partial charge is 0.543 e. The topological polar surface area (TPSA) is 67.8 Å². The van der Waals surface area contributed by atoms with E-state index in [-0.39, 0.29) is 9.93 Å². The van der Waals surface area contributed by atoms with Gasteiger partial charge in [-0.2, -0.15) is 18.4 Å². The van der Waals surface area contributed by atoms with Gasteiger partial charge in [0.2, 0.25) is 8.32 Å². The first-order valence-corrected chi connectivity index (χ1v) is 14.3. The number of hydrogen-bond acceptors (Lipinski definition) is 4. The average molecular weight is 431 g/mol. The minimum Gasteiger partial charge on any atom is -0.543 e. The molecular weight excluding hydrogens is 400 g/mol. The van der Waals surface area contributed by atoms with E-state index in [0.29, 0.717) is 6.42 Å². The summed E-state index contributed by atoms with van der Waals surface area (Å²) in [6, 6.07) is 12.7. The Balaban J connectivity index is 1.85. The lowest BCUT2D eigenvalue weighted by Gasteiger charge is -2.37. The second-order valence-electron chi connectivity index (χ2n) is 9.11. The number of benzene rings is 2. The third kappa shape index (κ3) is 4.56. The molecule has 0 aromatic heterocycles. The Morgan fingerprint density at radius 3 is 2.31 bits per heavy atom. The van der Waals surface area contributed by atoms with Crippen molar-refractivity contribution < 1.29 is 12.8 Å². The number of fused-ring (bicyclic) bond motifs is 1. The summed E-state index contributed by atoms with van der Waals surface area (Å²) in [4.78, 5) is 2.61. The highest BCUT2D eigenvalue weighted by atomic mass is 32.2. The maximum atomic E-state index is 12.5. The molecule has 0 atom stereocenters. The SMILES string of the molecule is Cc1ccc(S(=O)(=O)N/N=C2\CCc3c(O[Si](C)(C)C(C)(C)C)cccc32)cc1. The van der Waals surface area contributed by atoms with E-state index in [1.807, 2.05) is 25.1 Å². The molecule has 29 heavy (non-hydrogen) atoms. The first-order valence-electron chi connectivity index (χ1n) is 9.87. The maximum absolute atomic E-state index is 12.5. The third-order valence-corrected chi connectivity index (χ3v) is 11.4. The highest BCUT2D eigenvalue weighted by Gasteiger charge is 2.39. The van der Waals surface area contributed by atoms with Crippen LogP contribution in [0.1, 0.15) is 43.9 Å². The van der Waals surface area contributed by atoms with Gasteiger partial charge >= 0.3 is 0 Å². The van der Waals surface area contributed by atoms with Gasteiger partial charge in [0.25, 0.3) is 10.0 Å². The monoisotopic (exact) mass is 430 g/mol. The Hall–Kier alpha value is -2.12. The summed E-state index contributed by atoms with van der Waals surface area (Å²) >= 11 is 0. The minimum absolute atomic E-state index is 0.106. The second-order valence-corrected chi connectivity index (χ2v) is 15.5. The van der Waals surface area contributed by atoms with E-state index in [2.05, 4.69) is 43.8 Å². The molecule has 0 heterocycles. The maximum Gasteiger partial charge on any atom is 0.276 e. The molecule has 1 aliphatic carbocycles. The summed E-state index contributed by atoms with van der Waals surface area (Å²) in [5, 5.41) is 4.36. The Labute approximate surface area is 175 Å². The van der Waals surface area contributed by atoms with Gasteiger partial charge in [0.15, 0.2) is 0 Å². The van der Waals surface area contributed by atoms with Crippen LogP contribution in [-0.4, -0.2) is 22.4 Å². The van der Waals surface area contributed by atoms with Gasteiger partial charge in [0.1, 0.15) is 5.75 Å². The fraction of sp³-hybridized carbons (Fsp3) is 0.409. The van der Waals surface area contributed by atoms with Crippen LogP contribution in [0.5, 0.6) is 5.75 Å². The zero-order valence-electron chi connectivity index (χ0n) is 18.0. The molecule has 0 bridgehead atoms. The molecule has 1 N–H and O–H groups in total. The number of hydrogen-bond donors (Lipinski definition) is 1. The van der Waals surface area contributed by atoms with Crippen molar-refractivity contribution in [3.8, 4) is 5.75 Å². The van der Waals surface area contributed by atoms with Crippen LogP contribution in [0.25, 0.3) is 0 Å². The van der Waals surface area contributed by atoms with Gasteiger partial charge in [-0.05, 0) is 56.1 Å². The van der Waals surface area contributed by atoms with E-state index < -0.39 is 18.3 Å². The van der Waals surface area contributed by atoms with Crippen molar-refractivity contribution in [2.24, 2.45) is 5.10 Å². The van der Waals surface area contributed by atoms with Crippen molar-refractivity contribution in [1.29, 1.82) is 0 Å². The van der Waals surface area contributed by atoms with E-state index in [1.165, 1.54) is 0 Å². The molecule has 5 nitrogen and oxygen atoms in total. The number of sulfonamides is 1. The number of rotatable bonds is 5. The van der Waals surface area contributed by atoms with Gasteiger partial charge in [-0.15, -0.1) is 0 Å². The molecule has 0 radical (unpaired) electrons. The van der Waals surface area contributed by atoms with E-state index in [1.54, 1.807) is 24.3 Å². The standard InChI is InChI=1S/C22H30N2O3SSi/c1-16-10-12-17(13-11-16)28(25,26)24-23-20-15-14-19-18(20)8-7-9-21(19)27-29(5,6)22(2,3)4/h7-13,24H,14-15H2,1-6H3/b23-20+. The highest BCUT2D eigenvalue weighted by Crippen LogP contribution is 2.40. The van der Waals surface area contributed by atoms with Crippen molar-refractivity contribution in [3.05, 3.63) is 59.2 Å². The van der Waals surface area contributed by atoms with E-state index in [0.717, 1.165) is 34.6 Å². The first-order chi connectivity index (χ1) is 13.4. The Morgan fingerprint density at radius 2 is 1.69 bits per heavy atom. The summed E-state index contributed by atoms with van der Waals surface area (Å²) in [5.41, 5.74) is 3.84. The van der Waals surface area contributed by atoms with Gasteiger partial charge in [0, 0.05) is 11.1 Å². The van der Waals surface area contributed by atoms with Crippen molar-refractivity contribution in [1.82, 2.24) is 4.83 Å². The molecule has 0 saturated heterocycles. The molecule has 2 aromatic carbocycles. The Kier molecular flexibility index (Phi) is 5.66. The molecule has 3 rings (SSSR count). The lowest BCUT2D eigenvalue weighted by Crippen LogP contribution is -2.44. The smallest absolute Gasteiger partial charge is 0.276 e. The molecule has 7 heteroatoms. The quantitative estimate of drug-likeness (QED) is 0.536. The zero-order chi connectivity index (χ0) is 21.4. The predicted molar refractivity (Wildman–Crippen MR) is 121 cm³/mol. The molecule has 2 aromatic rings. The molecule has 0 fully saturated rings. The normalized spacial score (nSPS) is 16.0. The summed E-state index contributed by atoms with van der Waals surface area (Å²) in [5.74, 6) is 0.903. The summed E-state index contributed by atoms with van der Waals surface area (Å²) in [6.07, 6.45) is 1.48. The number of nitrogens with zero attached hydrogens (tertiary/aromatic N) is 1. The second kappa shape index (κ2) is 7.61. The average Bonchev–Trinajstić information content (AvgIpc) is 3.03. The van der Waals surface area contributed by atoms with Gasteiger partial charge in [-0.3, -0.25) is 0 Å². The van der Waals surface area contributed by atoms with Crippen molar-refractivity contribution in [2.75, 3.05) is 0 Å².